The topological polar surface area (TPSA) is 32.3 Å². The fourth-order valence-electron chi connectivity index (χ4n) is 2.12. The number of nitrogens with one attached hydrogen (secondary N) is 1. The highest BCUT2D eigenvalue weighted by atomic mass is 19.2. The Hall–Kier alpha value is -1.91. The van der Waals surface area contributed by atoms with Gasteiger partial charge >= 0.3 is 0 Å². The van der Waals surface area contributed by atoms with Crippen LogP contribution in [-0.2, 0) is 4.79 Å². The Morgan fingerprint density at radius 3 is 2.53 bits per heavy atom. The Bertz CT molecular complexity index is 567. The molecular formula is C14H16F2N2O. The van der Waals surface area contributed by atoms with Crippen LogP contribution in [0.4, 0.5) is 20.2 Å². The molecule has 1 aliphatic rings. The van der Waals surface area contributed by atoms with Crippen molar-refractivity contribution in [3.8, 4) is 0 Å². The van der Waals surface area contributed by atoms with E-state index < -0.39 is 17.2 Å². The van der Waals surface area contributed by atoms with Gasteiger partial charge in [-0.1, -0.05) is 12.2 Å². The van der Waals surface area contributed by atoms with E-state index in [1.807, 2.05) is 0 Å². The highest BCUT2D eigenvalue weighted by molar-refractivity contribution is 6.07. The average molecular weight is 266 g/mol. The number of hydrogen-bond acceptors (Lipinski definition) is 2. The van der Waals surface area contributed by atoms with Gasteiger partial charge in [-0.15, -0.1) is 0 Å². The van der Waals surface area contributed by atoms with Gasteiger partial charge in [0.05, 0.1) is 11.4 Å². The molecule has 0 atom stereocenters. The van der Waals surface area contributed by atoms with Crippen molar-refractivity contribution in [3.05, 3.63) is 35.9 Å². The van der Waals surface area contributed by atoms with Crippen molar-refractivity contribution < 1.29 is 13.6 Å². The average Bonchev–Trinajstić information content (AvgIpc) is 2.27. The molecule has 1 aromatic carbocycles. The minimum absolute atomic E-state index is 0.200. The summed E-state index contributed by atoms with van der Waals surface area (Å²) in [4.78, 5) is 13.8. The van der Waals surface area contributed by atoms with E-state index >= 15 is 0 Å². The van der Waals surface area contributed by atoms with Gasteiger partial charge < -0.3 is 10.2 Å². The third kappa shape index (κ3) is 2.32. The van der Waals surface area contributed by atoms with Crippen LogP contribution in [0.25, 0.3) is 0 Å². The molecule has 3 nitrogen and oxygen atoms in total. The summed E-state index contributed by atoms with van der Waals surface area (Å²) in [6, 6.07) is 2.11. The summed E-state index contributed by atoms with van der Waals surface area (Å²) in [5, 5.41) is 2.93. The predicted molar refractivity (Wildman–Crippen MR) is 71.2 cm³/mol. The van der Waals surface area contributed by atoms with Crippen LogP contribution < -0.4 is 10.2 Å². The minimum Gasteiger partial charge on any atom is -0.370 e. The molecule has 2 rings (SSSR count). The monoisotopic (exact) mass is 266 g/mol. The molecule has 1 N–H and O–H groups in total. The van der Waals surface area contributed by atoms with Crippen LogP contribution in [0.3, 0.4) is 0 Å². The van der Waals surface area contributed by atoms with Crippen LogP contribution in [0, 0.1) is 11.6 Å². The minimum atomic E-state index is -0.972. The molecule has 0 spiro atoms. The van der Waals surface area contributed by atoms with E-state index in [0.29, 0.717) is 11.4 Å². The Morgan fingerprint density at radius 1 is 1.37 bits per heavy atom. The van der Waals surface area contributed by atoms with E-state index in [4.69, 9.17) is 0 Å². The van der Waals surface area contributed by atoms with E-state index in [0.717, 1.165) is 17.7 Å². The van der Waals surface area contributed by atoms with Crippen LogP contribution in [0.1, 0.15) is 20.8 Å². The summed E-state index contributed by atoms with van der Waals surface area (Å²) in [6.45, 7) is 9.22. The van der Waals surface area contributed by atoms with Crippen molar-refractivity contribution in [1.29, 1.82) is 0 Å². The van der Waals surface area contributed by atoms with Crippen molar-refractivity contribution >= 4 is 17.3 Å². The van der Waals surface area contributed by atoms with Gasteiger partial charge in [0.1, 0.15) is 5.54 Å². The molecule has 19 heavy (non-hydrogen) atoms. The highest BCUT2D eigenvalue weighted by Crippen LogP contribution is 2.37. The molecule has 1 aromatic rings. The van der Waals surface area contributed by atoms with Gasteiger partial charge in [0.25, 0.3) is 5.91 Å². The molecule has 102 valence electrons. The van der Waals surface area contributed by atoms with Crippen LogP contribution in [-0.4, -0.2) is 18.0 Å². The largest absolute Gasteiger partial charge is 0.370 e. The van der Waals surface area contributed by atoms with Gasteiger partial charge in [0, 0.05) is 18.7 Å². The van der Waals surface area contributed by atoms with Gasteiger partial charge in [-0.3, -0.25) is 4.79 Å². The number of rotatable bonds is 2. The van der Waals surface area contributed by atoms with Gasteiger partial charge in [-0.2, -0.15) is 0 Å². The lowest BCUT2D eigenvalue weighted by Crippen LogP contribution is -2.54. The fourth-order valence-corrected chi connectivity index (χ4v) is 2.12. The molecule has 0 fully saturated rings. The van der Waals surface area contributed by atoms with E-state index in [1.165, 1.54) is 4.90 Å². The van der Waals surface area contributed by atoms with Crippen LogP contribution in [0.5, 0.6) is 0 Å². The zero-order chi connectivity index (χ0) is 14.4. The molecule has 0 saturated heterocycles. The van der Waals surface area contributed by atoms with Gasteiger partial charge in [0.15, 0.2) is 11.6 Å². The van der Waals surface area contributed by atoms with Crippen molar-refractivity contribution in [2.45, 2.75) is 26.3 Å². The van der Waals surface area contributed by atoms with Crippen molar-refractivity contribution in [1.82, 2.24) is 0 Å². The second kappa shape index (κ2) is 4.33. The molecule has 0 saturated carbocycles. The molecule has 1 aliphatic heterocycles. The van der Waals surface area contributed by atoms with Crippen molar-refractivity contribution in [2.75, 3.05) is 16.8 Å². The second-order valence-electron chi connectivity index (χ2n) is 5.38. The summed E-state index contributed by atoms with van der Waals surface area (Å²) < 4.78 is 26.7. The molecular weight excluding hydrogens is 250 g/mol. The maximum atomic E-state index is 13.4. The number of halogens is 2. The summed E-state index contributed by atoms with van der Waals surface area (Å²) >= 11 is 0. The second-order valence-corrected chi connectivity index (χ2v) is 5.38. The molecule has 0 aliphatic carbocycles. The number of hydrogen-bond donors (Lipinski definition) is 1. The first kappa shape index (κ1) is 13.5. The van der Waals surface area contributed by atoms with Crippen molar-refractivity contribution in [3.63, 3.8) is 0 Å². The lowest BCUT2D eigenvalue weighted by atomic mass is 9.97. The number of carbonyl (C=O) groups excluding carboxylic acids is 1. The van der Waals surface area contributed by atoms with E-state index in [2.05, 4.69) is 11.9 Å². The maximum absolute atomic E-state index is 13.4. The number of amides is 1. The first-order valence-electron chi connectivity index (χ1n) is 5.96. The van der Waals surface area contributed by atoms with Crippen LogP contribution >= 0.6 is 0 Å². The lowest BCUT2D eigenvalue weighted by molar-refractivity contribution is -0.122. The Morgan fingerprint density at radius 2 is 1.95 bits per heavy atom. The SMILES string of the molecule is C=C(C)CN1C(=O)C(C)(C)Nc2cc(F)c(F)cc21. The summed E-state index contributed by atoms with van der Waals surface area (Å²) in [5.41, 5.74) is 0.643. The number of anilines is 2. The summed E-state index contributed by atoms with van der Waals surface area (Å²) in [7, 11) is 0. The highest BCUT2D eigenvalue weighted by Gasteiger charge is 2.39. The van der Waals surface area contributed by atoms with E-state index in [1.54, 1.807) is 20.8 Å². The van der Waals surface area contributed by atoms with Gasteiger partial charge in [0.2, 0.25) is 0 Å². The van der Waals surface area contributed by atoms with Gasteiger partial charge in [-0.25, -0.2) is 8.78 Å². The Kier molecular flexibility index (Phi) is 3.08. The molecule has 0 unspecified atom stereocenters. The third-order valence-electron chi connectivity index (χ3n) is 2.98. The maximum Gasteiger partial charge on any atom is 0.252 e. The first-order valence-corrected chi connectivity index (χ1v) is 5.96. The number of fused-ring (bicyclic) bond motifs is 1. The standard InChI is InChI=1S/C14H16F2N2O/c1-8(2)7-18-12-6-10(16)9(15)5-11(12)17-14(3,4)13(18)19/h5-6,17H,1,7H2,2-4H3. The van der Waals surface area contributed by atoms with E-state index in [-0.39, 0.29) is 12.5 Å². The van der Waals surface area contributed by atoms with Crippen LogP contribution in [0.15, 0.2) is 24.3 Å². The Balaban J connectivity index is 2.58. The summed E-state index contributed by atoms with van der Waals surface area (Å²) in [6.07, 6.45) is 0. The number of carbonyl (C=O) groups is 1. The molecule has 5 heteroatoms. The smallest absolute Gasteiger partial charge is 0.252 e. The number of benzene rings is 1. The molecule has 0 bridgehead atoms. The fraction of sp³-hybridized carbons (Fsp3) is 0.357. The zero-order valence-electron chi connectivity index (χ0n) is 11.2. The zero-order valence-corrected chi connectivity index (χ0v) is 11.2. The normalized spacial score (nSPS) is 16.9. The molecule has 1 amide bonds. The first-order chi connectivity index (χ1) is 8.72. The van der Waals surface area contributed by atoms with Gasteiger partial charge in [-0.05, 0) is 20.8 Å². The summed E-state index contributed by atoms with van der Waals surface area (Å²) in [5.74, 6) is -2.11. The lowest BCUT2D eigenvalue weighted by Gasteiger charge is -2.40. The molecule has 1 heterocycles. The predicted octanol–water partition coefficient (Wildman–Crippen LogP) is 3.08. The molecule has 0 aromatic heterocycles. The van der Waals surface area contributed by atoms with Crippen LogP contribution in [0.2, 0.25) is 0 Å². The molecule has 0 radical (unpaired) electrons. The third-order valence-corrected chi connectivity index (χ3v) is 2.98. The van der Waals surface area contributed by atoms with Crippen molar-refractivity contribution in [2.24, 2.45) is 0 Å². The van der Waals surface area contributed by atoms with E-state index in [9.17, 15) is 13.6 Å². The number of nitrogens with zero attached hydrogens (tertiary/aromatic N) is 1. The Labute approximate surface area is 110 Å². The quantitative estimate of drug-likeness (QED) is 0.834.